The van der Waals surface area contributed by atoms with Gasteiger partial charge in [0.15, 0.2) is 0 Å². The summed E-state index contributed by atoms with van der Waals surface area (Å²) in [7, 11) is 0. The molecule has 1 aromatic rings. The maximum Gasteiger partial charge on any atom is 0.138 e. The first-order chi connectivity index (χ1) is 9.61. The van der Waals surface area contributed by atoms with Gasteiger partial charge < -0.3 is 4.90 Å². The van der Waals surface area contributed by atoms with E-state index in [1.807, 2.05) is 0 Å². The highest BCUT2D eigenvalue weighted by Gasteiger charge is 2.37. The molecule has 1 aliphatic heterocycles. The summed E-state index contributed by atoms with van der Waals surface area (Å²) in [6, 6.07) is 0. The molecule has 0 unspecified atom stereocenters. The van der Waals surface area contributed by atoms with Gasteiger partial charge in [0.1, 0.15) is 17.3 Å². The first kappa shape index (κ1) is 14.1. The lowest BCUT2D eigenvalue weighted by Crippen LogP contribution is -2.39. The quantitative estimate of drug-likeness (QED) is 0.756. The van der Waals surface area contributed by atoms with Crippen LogP contribution in [0.2, 0.25) is 5.15 Å². The van der Waals surface area contributed by atoms with Gasteiger partial charge in [-0.05, 0) is 37.0 Å². The lowest BCUT2D eigenvalue weighted by Gasteiger charge is -2.40. The second kappa shape index (κ2) is 5.51. The van der Waals surface area contributed by atoms with E-state index in [2.05, 4.69) is 28.7 Å². The van der Waals surface area contributed by atoms with E-state index in [1.165, 1.54) is 38.5 Å². The van der Waals surface area contributed by atoms with Gasteiger partial charge >= 0.3 is 0 Å². The zero-order chi connectivity index (χ0) is 14.2. The van der Waals surface area contributed by atoms with Crippen LogP contribution in [0.3, 0.4) is 0 Å². The van der Waals surface area contributed by atoms with Crippen molar-refractivity contribution < 1.29 is 0 Å². The molecule has 2 fully saturated rings. The summed E-state index contributed by atoms with van der Waals surface area (Å²) >= 11 is 6.29. The summed E-state index contributed by atoms with van der Waals surface area (Å²) < 4.78 is 0. The maximum absolute atomic E-state index is 6.29. The molecule has 20 heavy (non-hydrogen) atoms. The van der Waals surface area contributed by atoms with Crippen molar-refractivity contribution in [3.63, 3.8) is 0 Å². The van der Waals surface area contributed by atoms with Crippen molar-refractivity contribution in [1.29, 1.82) is 0 Å². The molecule has 0 radical (unpaired) electrons. The van der Waals surface area contributed by atoms with Crippen molar-refractivity contribution in [3.05, 3.63) is 17.0 Å². The highest BCUT2D eigenvalue weighted by molar-refractivity contribution is 6.30. The fourth-order valence-electron chi connectivity index (χ4n) is 3.93. The fraction of sp³-hybridized carbons (Fsp3) is 0.750. The van der Waals surface area contributed by atoms with E-state index in [-0.39, 0.29) is 0 Å². The third-order valence-electron chi connectivity index (χ3n) is 5.18. The summed E-state index contributed by atoms with van der Waals surface area (Å²) in [4.78, 5) is 11.1. The smallest absolute Gasteiger partial charge is 0.138 e. The van der Waals surface area contributed by atoms with Gasteiger partial charge in [0.2, 0.25) is 0 Å². The molecular weight excluding hydrogens is 270 g/mol. The van der Waals surface area contributed by atoms with Gasteiger partial charge in [0.25, 0.3) is 0 Å². The molecule has 110 valence electrons. The molecule has 0 aromatic carbocycles. The molecule has 1 spiro atoms. The van der Waals surface area contributed by atoms with E-state index in [0.29, 0.717) is 16.5 Å². The summed E-state index contributed by atoms with van der Waals surface area (Å²) in [5.74, 6) is 1.42. The van der Waals surface area contributed by atoms with Gasteiger partial charge in [0, 0.05) is 18.7 Å². The minimum atomic E-state index is 0.362. The van der Waals surface area contributed by atoms with Crippen molar-refractivity contribution in [2.75, 3.05) is 18.0 Å². The number of aromatic nitrogens is 2. The molecule has 0 N–H and O–H groups in total. The minimum absolute atomic E-state index is 0.362. The molecule has 0 amide bonds. The number of halogens is 1. The average Bonchev–Trinajstić information content (AvgIpc) is 2.87. The number of rotatable bonds is 2. The van der Waals surface area contributed by atoms with E-state index in [9.17, 15) is 0 Å². The van der Waals surface area contributed by atoms with Gasteiger partial charge in [-0.15, -0.1) is 0 Å². The Morgan fingerprint density at radius 3 is 2.35 bits per heavy atom. The van der Waals surface area contributed by atoms with Crippen LogP contribution in [0.4, 0.5) is 5.82 Å². The molecule has 3 rings (SSSR count). The lowest BCUT2D eigenvalue weighted by molar-refractivity contribution is 0.226. The predicted octanol–water partition coefficient (Wildman–Crippen LogP) is 4.41. The second-order valence-electron chi connectivity index (χ2n) is 6.75. The summed E-state index contributed by atoms with van der Waals surface area (Å²) in [6.45, 7) is 6.56. The number of nitrogens with zero attached hydrogens (tertiary/aromatic N) is 3. The maximum atomic E-state index is 6.29. The van der Waals surface area contributed by atoms with Crippen molar-refractivity contribution in [2.24, 2.45) is 5.41 Å². The van der Waals surface area contributed by atoms with Crippen LogP contribution in [0, 0.1) is 5.41 Å². The van der Waals surface area contributed by atoms with Crippen LogP contribution >= 0.6 is 11.6 Å². The van der Waals surface area contributed by atoms with Gasteiger partial charge in [0.05, 0.1) is 0 Å². The molecule has 3 nitrogen and oxygen atoms in total. The van der Waals surface area contributed by atoms with Crippen LogP contribution in [0.25, 0.3) is 0 Å². The molecule has 1 saturated heterocycles. The van der Waals surface area contributed by atoms with Gasteiger partial charge in [-0.3, -0.25) is 0 Å². The molecule has 4 heteroatoms. The highest BCUT2D eigenvalue weighted by atomic mass is 35.5. The van der Waals surface area contributed by atoms with Gasteiger partial charge in [-0.1, -0.05) is 38.3 Å². The fourth-order valence-corrected chi connectivity index (χ4v) is 4.28. The number of hydrogen-bond acceptors (Lipinski definition) is 3. The molecule has 1 saturated carbocycles. The van der Waals surface area contributed by atoms with Gasteiger partial charge in [-0.25, -0.2) is 9.97 Å². The number of hydrogen-bond donors (Lipinski definition) is 0. The average molecular weight is 294 g/mol. The normalized spacial score (nSPS) is 21.9. The largest absolute Gasteiger partial charge is 0.356 e. The highest BCUT2D eigenvalue weighted by Crippen LogP contribution is 2.47. The third-order valence-corrected chi connectivity index (χ3v) is 5.48. The Hall–Kier alpha value is -0.830. The van der Waals surface area contributed by atoms with Crippen LogP contribution in [0.1, 0.15) is 63.9 Å². The first-order valence-electron chi connectivity index (χ1n) is 7.87. The molecule has 0 atom stereocenters. The Kier molecular flexibility index (Phi) is 3.89. The second-order valence-corrected chi connectivity index (χ2v) is 7.11. The van der Waals surface area contributed by atoms with Crippen LogP contribution in [-0.4, -0.2) is 23.1 Å². The van der Waals surface area contributed by atoms with Crippen LogP contribution in [0.5, 0.6) is 0 Å². The van der Waals surface area contributed by atoms with Crippen LogP contribution in [0.15, 0.2) is 6.33 Å². The molecule has 2 aliphatic rings. The van der Waals surface area contributed by atoms with E-state index in [0.717, 1.165) is 24.5 Å². The Balaban J connectivity index is 1.80. The molecule has 1 aromatic heterocycles. The van der Waals surface area contributed by atoms with E-state index >= 15 is 0 Å². The topological polar surface area (TPSA) is 29.0 Å². The molecular formula is C16H24ClN3. The number of piperidine rings is 1. The Morgan fingerprint density at radius 1 is 1.10 bits per heavy atom. The summed E-state index contributed by atoms with van der Waals surface area (Å²) in [5, 5.41) is 0.617. The summed E-state index contributed by atoms with van der Waals surface area (Å²) in [5.41, 5.74) is 1.75. The Morgan fingerprint density at radius 2 is 1.75 bits per heavy atom. The Bertz CT molecular complexity index is 471. The zero-order valence-corrected chi connectivity index (χ0v) is 13.3. The van der Waals surface area contributed by atoms with Crippen molar-refractivity contribution in [3.8, 4) is 0 Å². The third kappa shape index (κ3) is 2.52. The standard InChI is InChI=1S/C16H24ClN3/c1-12(2)13-14(17)18-11-19-15(13)20-9-7-16(8-10-20)5-3-4-6-16/h11-12H,3-10H2,1-2H3. The monoisotopic (exact) mass is 293 g/mol. The minimum Gasteiger partial charge on any atom is -0.356 e. The van der Waals surface area contributed by atoms with Crippen LogP contribution < -0.4 is 4.90 Å². The van der Waals surface area contributed by atoms with Crippen LogP contribution in [-0.2, 0) is 0 Å². The van der Waals surface area contributed by atoms with Crippen molar-refractivity contribution in [2.45, 2.75) is 58.3 Å². The van der Waals surface area contributed by atoms with Crippen molar-refractivity contribution in [1.82, 2.24) is 9.97 Å². The molecule has 0 bridgehead atoms. The molecule has 2 heterocycles. The lowest BCUT2D eigenvalue weighted by atomic mass is 9.77. The van der Waals surface area contributed by atoms with E-state index in [1.54, 1.807) is 6.33 Å². The molecule has 1 aliphatic carbocycles. The first-order valence-corrected chi connectivity index (χ1v) is 8.24. The van der Waals surface area contributed by atoms with Crippen molar-refractivity contribution >= 4 is 17.4 Å². The van der Waals surface area contributed by atoms with Gasteiger partial charge in [-0.2, -0.15) is 0 Å². The zero-order valence-electron chi connectivity index (χ0n) is 12.5. The summed E-state index contributed by atoms with van der Waals surface area (Å²) in [6.07, 6.45) is 9.94. The SMILES string of the molecule is CC(C)c1c(Cl)ncnc1N1CCC2(CCCC2)CC1. The predicted molar refractivity (Wildman–Crippen MR) is 83.5 cm³/mol. The number of anilines is 1. The Labute approximate surface area is 126 Å². The van der Waals surface area contributed by atoms with E-state index in [4.69, 9.17) is 11.6 Å². The van der Waals surface area contributed by atoms with E-state index < -0.39 is 0 Å².